The zero-order chi connectivity index (χ0) is 18.4. The smallest absolute Gasteiger partial charge is 0.362 e. The maximum absolute atomic E-state index is 13.2. The molecule has 1 aromatic heterocycles. The Morgan fingerprint density at radius 3 is 2.68 bits per heavy atom. The van der Waals surface area contributed by atoms with Crippen molar-refractivity contribution in [1.82, 2.24) is 14.5 Å². The van der Waals surface area contributed by atoms with Crippen molar-refractivity contribution in [2.45, 2.75) is 12.2 Å². The van der Waals surface area contributed by atoms with E-state index in [0.717, 1.165) is 18.4 Å². The Hall–Kier alpha value is -2.07. The van der Waals surface area contributed by atoms with Crippen LogP contribution in [0, 0.1) is 0 Å². The Labute approximate surface area is 143 Å². The average Bonchev–Trinajstić information content (AvgIpc) is 3.00. The SMILES string of the molecule is C=C[C@@H]1CN(S(C)(=O)=O)CCN1c1cc(C(F)(F)F)cc2[nH]ncc12. The van der Waals surface area contributed by atoms with Gasteiger partial charge in [0.15, 0.2) is 0 Å². The van der Waals surface area contributed by atoms with Crippen molar-refractivity contribution in [3.05, 3.63) is 36.5 Å². The molecule has 136 valence electrons. The van der Waals surface area contributed by atoms with Gasteiger partial charge in [-0.25, -0.2) is 8.42 Å². The molecule has 0 spiro atoms. The van der Waals surface area contributed by atoms with Gasteiger partial charge in [0, 0.05) is 30.7 Å². The van der Waals surface area contributed by atoms with Gasteiger partial charge in [0.05, 0.1) is 29.6 Å². The molecule has 1 aliphatic heterocycles. The lowest BCUT2D eigenvalue weighted by atomic mass is 10.1. The second kappa shape index (κ2) is 6.03. The van der Waals surface area contributed by atoms with Crippen molar-refractivity contribution >= 4 is 26.6 Å². The molecule has 0 bridgehead atoms. The molecule has 0 unspecified atom stereocenters. The monoisotopic (exact) mass is 374 g/mol. The number of nitrogens with one attached hydrogen (secondary N) is 1. The van der Waals surface area contributed by atoms with Gasteiger partial charge >= 0.3 is 6.18 Å². The highest BCUT2D eigenvalue weighted by Crippen LogP contribution is 2.37. The predicted octanol–water partition coefficient (Wildman–Crippen LogP) is 2.22. The van der Waals surface area contributed by atoms with E-state index in [4.69, 9.17) is 0 Å². The van der Waals surface area contributed by atoms with Crippen LogP contribution in [0.5, 0.6) is 0 Å². The summed E-state index contributed by atoms with van der Waals surface area (Å²) >= 11 is 0. The van der Waals surface area contributed by atoms with Gasteiger partial charge in [-0.1, -0.05) is 6.08 Å². The molecule has 6 nitrogen and oxygen atoms in total. The third kappa shape index (κ3) is 3.36. The number of halogens is 3. The van der Waals surface area contributed by atoms with Crippen LogP contribution in [-0.2, 0) is 16.2 Å². The third-order valence-corrected chi connectivity index (χ3v) is 5.57. The average molecular weight is 374 g/mol. The summed E-state index contributed by atoms with van der Waals surface area (Å²) in [6.07, 6.45) is -0.370. The summed E-state index contributed by atoms with van der Waals surface area (Å²) in [5.74, 6) is 0. The van der Waals surface area contributed by atoms with Gasteiger partial charge in [0.2, 0.25) is 10.0 Å². The van der Waals surface area contributed by atoms with Crippen LogP contribution in [-0.4, -0.2) is 54.9 Å². The van der Waals surface area contributed by atoms with Crippen LogP contribution in [0.15, 0.2) is 31.0 Å². The first-order valence-corrected chi connectivity index (χ1v) is 9.34. The number of aromatic nitrogens is 2. The summed E-state index contributed by atoms with van der Waals surface area (Å²) in [5.41, 5.74) is -0.151. The Kier molecular flexibility index (Phi) is 4.28. The first kappa shape index (κ1) is 17.7. The number of hydrogen-bond donors (Lipinski definition) is 1. The van der Waals surface area contributed by atoms with E-state index < -0.39 is 27.8 Å². The fourth-order valence-corrected chi connectivity index (χ4v) is 3.86. The molecule has 25 heavy (non-hydrogen) atoms. The topological polar surface area (TPSA) is 69.3 Å². The highest BCUT2D eigenvalue weighted by Gasteiger charge is 2.35. The summed E-state index contributed by atoms with van der Waals surface area (Å²) in [5, 5.41) is 6.95. The van der Waals surface area contributed by atoms with E-state index in [0.29, 0.717) is 11.1 Å². The number of sulfonamides is 1. The highest BCUT2D eigenvalue weighted by molar-refractivity contribution is 7.88. The van der Waals surface area contributed by atoms with Gasteiger partial charge in [-0.3, -0.25) is 5.10 Å². The normalized spacial score (nSPS) is 20.2. The predicted molar refractivity (Wildman–Crippen MR) is 88.8 cm³/mol. The molecule has 1 aromatic carbocycles. The maximum atomic E-state index is 13.2. The number of rotatable bonds is 3. The zero-order valence-corrected chi connectivity index (χ0v) is 14.2. The number of anilines is 1. The fraction of sp³-hybridized carbons (Fsp3) is 0.400. The summed E-state index contributed by atoms with van der Waals surface area (Å²) in [6, 6.07) is 1.65. The number of alkyl halides is 3. The molecule has 0 amide bonds. The summed E-state index contributed by atoms with van der Waals surface area (Å²) in [4.78, 5) is 1.74. The van der Waals surface area contributed by atoms with Gasteiger partial charge in [0.1, 0.15) is 0 Å². The van der Waals surface area contributed by atoms with Crippen molar-refractivity contribution in [1.29, 1.82) is 0 Å². The van der Waals surface area contributed by atoms with Gasteiger partial charge < -0.3 is 4.90 Å². The zero-order valence-electron chi connectivity index (χ0n) is 13.4. The van der Waals surface area contributed by atoms with E-state index in [1.807, 2.05) is 0 Å². The Morgan fingerprint density at radius 2 is 2.08 bits per heavy atom. The Balaban J connectivity index is 2.06. The number of fused-ring (bicyclic) bond motifs is 1. The van der Waals surface area contributed by atoms with Gasteiger partial charge in [-0.15, -0.1) is 6.58 Å². The second-order valence-electron chi connectivity index (χ2n) is 5.94. The van der Waals surface area contributed by atoms with Crippen LogP contribution in [0.25, 0.3) is 10.9 Å². The van der Waals surface area contributed by atoms with Crippen LogP contribution < -0.4 is 4.90 Å². The lowest BCUT2D eigenvalue weighted by molar-refractivity contribution is -0.137. The number of H-pyrrole nitrogens is 1. The lowest BCUT2D eigenvalue weighted by Gasteiger charge is -2.40. The van der Waals surface area contributed by atoms with Gasteiger partial charge in [-0.05, 0) is 12.1 Å². The second-order valence-corrected chi connectivity index (χ2v) is 7.92. The molecular formula is C15H17F3N4O2S. The molecule has 0 aliphatic carbocycles. The molecule has 1 atom stereocenters. The third-order valence-electron chi connectivity index (χ3n) is 4.30. The van der Waals surface area contributed by atoms with E-state index >= 15 is 0 Å². The van der Waals surface area contributed by atoms with Crippen molar-refractivity contribution < 1.29 is 21.6 Å². The van der Waals surface area contributed by atoms with Crippen LogP contribution in [0.1, 0.15) is 5.56 Å². The minimum absolute atomic E-state index is 0.137. The number of nitrogens with zero attached hydrogens (tertiary/aromatic N) is 3. The fourth-order valence-electron chi connectivity index (χ4n) is 3.02. The molecule has 0 saturated carbocycles. The van der Waals surface area contributed by atoms with E-state index in [2.05, 4.69) is 16.8 Å². The minimum atomic E-state index is -4.49. The first-order chi connectivity index (χ1) is 11.6. The molecule has 1 N–H and O–H groups in total. The van der Waals surface area contributed by atoms with E-state index in [1.165, 1.54) is 10.5 Å². The largest absolute Gasteiger partial charge is 0.416 e. The maximum Gasteiger partial charge on any atom is 0.416 e. The minimum Gasteiger partial charge on any atom is -0.362 e. The quantitative estimate of drug-likeness (QED) is 0.837. The molecule has 2 aromatic rings. The van der Waals surface area contributed by atoms with Crippen molar-refractivity contribution in [2.75, 3.05) is 30.8 Å². The van der Waals surface area contributed by atoms with Crippen LogP contribution >= 0.6 is 0 Å². The van der Waals surface area contributed by atoms with Crippen molar-refractivity contribution in [3.63, 3.8) is 0 Å². The lowest BCUT2D eigenvalue weighted by Crippen LogP contribution is -2.54. The van der Waals surface area contributed by atoms with Gasteiger partial charge in [-0.2, -0.15) is 22.6 Å². The Morgan fingerprint density at radius 1 is 1.36 bits per heavy atom. The van der Waals surface area contributed by atoms with Gasteiger partial charge in [0.25, 0.3) is 0 Å². The summed E-state index contributed by atoms with van der Waals surface area (Å²) in [6.45, 7) is 4.29. The highest BCUT2D eigenvalue weighted by atomic mass is 32.2. The number of piperazine rings is 1. The Bertz CT molecular complexity index is 907. The molecule has 1 aliphatic rings. The van der Waals surface area contributed by atoms with Crippen molar-refractivity contribution in [3.8, 4) is 0 Å². The number of benzene rings is 1. The van der Waals surface area contributed by atoms with E-state index in [9.17, 15) is 21.6 Å². The number of hydrogen-bond acceptors (Lipinski definition) is 4. The molecule has 3 rings (SSSR count). The molecule has 2 heterocycles. The van der Waals surface area contributed by atoms with Crippen LogP contribution in [0.3, 0.4) is 0 Å². The molecular weight excluding hydrogens is 357 g/mol. The van der Waals surface area contributed by atoms with E-state index in [1.54, 1.807) is 11.0 Å². The summed E-state index contributed by atoms with van der Waals surface area (Å²) < 4.78 is 64.4. The first-order valence-electron chi connectivity index (χ1n) is 7.50. The molecule has 1 saturated heterocycles. The van der Waals surface area contributed by atoms with Crippen LogP contribution in [0.2, 0.25) is 0 Å². The molecule has 1 fully saturated rings. The van der Waals surface area contributed by atoms with Crippen LogP contribution in [0.4, 0.5) is 18.9 Å². The van der Waals surface area contributed by atoms with E-state index in [-0.39, 0.29) is 25.2 Å². The van der Waals surface area contributed by atoms with Crippen molar-refractivity contribution in [2.24, 2.45) is 0 Å². The molecule has 10 heteroatoms. The molecule has 0 radical (unpaired) electrons. The summed E-state index contributed by atoms with van der Waals surface area (Å²) in [7, 11) is -3.38. The standard InChI is InChI=1S/C15H17F3N4O2S/c1-3-11-9-21(25(2,23)24)4-5-22(11)14-7-10(15(16,17)18)6-13-12(14)8-19-20-13/h3,6-8,11H,1,4-5,9H2,2H3,(H,19,20)/t11-/m1/s1. The number of aromatic amines is 1.